The maximum Gasteiger partial charge on any atom is 0.0897 e. The Labute approximate surface area is 78.4 Å². The van der Waals surface area contributed by atoms with Crippen molar-refractivity contribution < 1.29 is 0 Å². The van der Waals surface area contributed by atoms with Crippen molar-refractivity contribution in [2.24, 2.45) is 5.92 Å². The first kappa shape index (κ1) is 13.9. The normalized spacial score (nSPS) is 12.7. The molecule has 0 radical (unpaired) electrons. The van der Waals surface area contributed by atoms with Gasteiger partial charge in [0.25, 0.3) is 0 Å². The van der Waals surface area contributed by atoms with Crippen molar-refractivity contribution in [3.05, 3.63) is 30.7 Å². The molecule has 0 atom stereocenters. The fourth-order valence-corrected chi connectivity index (χ4v) is 0.576. The average Bonchev–Trinajstić information content (AvgIpc) is 2.43. The molecule has 0 fully saturated rings. The van der Waals surface area contributed by atoms with E-state index in [0.717, 1.165) is 6.42 Å². The third kappa shape index (κ3) is 16.2. The predicted octanol–water partition coefficient (Wildman–Crippen LogP) is 4.40. The third-order valence-electron chi connectivity index (χ3n) is 0.957. The van der Waals surface area contributed by atoms with Gasteiger partial charge < -0.3 is 0 Å². The van der Waals surface area contributed by atoms with E-state index in [0.29, 0.717) is 5.92 Å². The minimum atomic E-state index is 0.583. The lowest BCUT2D eigenvalue weighted by molar-refractivity contribution is 0.827. The van der Waals surface area contributed by atoms with Gasteiger partial charge in [-0.15, -0.1) is 0 Å². The van der Waals surface area contributed by atoms with Crippen molar-refractivity contribution in [1.29, 1.82) is 0 Å². The number of hydrogen-bond donors (Lipinski definition) is 0. The van der Waals surface area contributed by atoms with Crippen LogP contribution in [0.25, 0.3) is 0 Å². The summed E-state index contributed by atoms with van der Waals surface area (Å²) in [5, 5.41) is 0. The fourth-order valence-electron chi connectivity index (χ4n) is 0.576. The van der Waals surface area contributed by atoms with E-state index in [1.54, 1.807) is 0 Å². The molecule has 1 aliphatic rings. The quantitative estimate of drug-likeness (QED) is 0.469. The largest absolute Gasteiger partial charge is 0.0897 e. The summed E-state index contributed by atoms with van der Waals surface area (Å²) in [4.78, 5) is 0. The van der Waals surface area contributed by atoms with Crippen LogP contribution in [0.5, 0.6) is 0 Å². The number of rotatable bonds is 0. The molecule has 70 valence electrons. The van der Waals surface area contributed by atoms with Crippen molar-refractivity contribution in [2.75, 3.05) is 0 Å². The van der Waals surface area contributed by atoms with Crippen LogP contribution < -0.4 is 0 Å². The second-order valence-electron chi connectivity index (χ2n) is 2.98. The van der Waals surface area contributed by atoms with Crippen molar-refractivity contribution in [3.63, 3.8) is 0 Å². The Hall–Kier alpha value is -0.650. The summed E-state index contributed by atoms with van der Waals surface area (Å²) in [5.41, 5.74) is 1.40. The monoisotopic (exact) mass is 167 g/mol. The maximum absolute atomic E-state index is 3.64. The molecule has 0 N–H and O–H groups in total. The van der Waals surface area contributed by atoms with Gasteiger partial charge in [0.2, 0.25) is 0 Å². The van der Waals surface area contributed by atoms with Crippen molar-refractivity contribution >= 4 is 0 Å². The molecule has 12 heavy (non-hydrogen) atoms. The first-order valence-corrected chi connectivity index (χ1v) is 4.79. The van der Waals surface area contributed by atoms with Crippen LogP contribution in [0, 0.1) is 12.8 Å². The zero-order chi connectivity index (χ0) is 9.98. The average molecular weight is 167 g/mol. The molecule has 0 aromatic rings. The summed E-state index contributed by atoms with van der Waals surface area (Å²) in [6.07, 6.45) is 7.65. The van der Waals surface area contributed by atoms with Crippen molar-refractivity contribution in [1.82, 2.24) is 0 Å². The van der Waals surface area contributed by atoms with Crippen LogP contribution in [0.15, 0.2) is 23.8 Å². The zero-order valence-corrected chi connectivity index (χ0v) is 9.22. The van der Waals surface area contributed by atoms with Crippen LogP contribution in [-0.4, -0.2) is 0 Å². The van der Waals surface area contributed by atoms with Gasteiger partial charge in [0.1, 0.15) is 0 Å². The lowest BCUT2D eigenvalue weighted by atomic mass is 10.3. The standard InChI is InChI=1S/C6H8.C4H9.C2H6/c1-6-4-2-3-5-6;1-4(2)3;1-2/h2,4-5H,3H2,1H3;4H,1H2,2-3H3;1-2H3/q;+1;. The van der Waals surface area contributed by atoms with Gasteiger partial charge in [-0.1, -0.05) is 37.6 Å². The molecule has 0 saturated heterocycles. The van der Waals surface area contributed by atoms with E-state index in [2.05, 4.69) is 45.9 Å². The molecule has 1 rings (SSSR count). The maximum atomic E-state index is 3.64. The molecule has 0 aliphatic heterocycles. The van der Waals surface area contributed by atoms with Gasteiger partial charge in [-0.05, 0) is 27.2 Å². The smallest absolute Gasteiger partial charge is 0.0805 e. The third-order valence-corrected chi connectivity index (χ3v) is 0.957. The Morgan fingerprint density at radius 2 is 1.75 bits per heavy atom. The molecule has 0 bridgehead atoms. The molecular weight excluding hydrogens is 144 g/mol. The first-order valence-electron chi connectivity index (χ1n) is 4.79. The molecular formula is C12H23+. The van der Waals surface area contributed by atoms with Crippen LogP contribution in [0.2, 0.25) is 0 Å². The highest BCUT2D eigenvalue weighted by atomic mass is 13.9. The van der Waals surface area contributed by atoms with Gasteiger partial charge in [0.05, 0.1) is 12.8 Å². The molecule has 0 aromatic heterocycles. The Morgan fingerprint density at radius 1 is 1.33 bits per heavy atom. The lowest BCUT2D eigenvalue weighted by Gasteiger charge is -1.72. The van der Waals surface area contributed by atoms with Crippen molar-refractivity contribution in [3.8, 4) is 0 Å². The molecule has 0 amide bonds. The summed E-state index contributed by atoms with van der Waals surface area (Å²) in [6, 6.07) is 0. The summed E-state index contributed by atoms with van der Waals surface area (Å²) >= 11 is 0. The van der Waals surface area contributed by atoms with Gasteiger partial charge in [0, 0.05) is 0 Å². The summed E-state index contributed by atoms with van der Waals surface area (Å²) in [6.45, 7) is 13.9. The molecule has 0 heteroatoms. The Kier molecular flexibility index (Phi) is 12.0. The van der Waals surface area contributed by atoms with Crippen LogP contribution in [0.3, 0.4) is 0 Å². The molecule has 0 nitrogen and oxygen atoms in total. The SMILES string of the molecule is CC.CC1=CCC=C1.[CH2+]C(C)C. The molecule has 0 saturated carbocycles. The minimum Gasteiger partial charge on any atom is -0.0805 e. The molecule has 0 heterocycles. The Morgan fingerprint density at radius 3 is 1.83 bits per heavy atom. The van der Waals surface area contributed by atoms with Crippen LogP contribution in [0.4, 0.5) is 0 Å². The van der Waals surface area contributed by atoms with Crippen LogP contribution >= 0.6 is 0 Å². The minimum absolute atomic E-state index is 0.583. The highest BCUT2D eigenvalue weighted by Gasteiger charge is 1.84. The predicted molar refractivity (Wildman–Crippen MR) is 59.1 cm³/mol. The van der Waals surface area contributed by atoms with Crippen LogP contribution in [-0.2, 0) is 0 Å². The van der Waals surface area contributed by atoms with Gasteiger partial charge in [-0.3, -0.25) is 0 Å². The lowest BCUT2D eigenvalue weighted by Crippen LogP contribution is -1.67. The van der Waals surface area contributed by atoms with E-state index in [9.17, 15) is 0 Å². The zero-order valence-electron chi connectivity index (χ0n) is 9.22. The molecule has 0 unspecified atom stereocenters. The highest BCUT2D eigenvalue weighted by Crippen LogP contribution is 2.05. The molecule has 1 aliphatic carbocycles. The van der Waals surface area contributed by atoms with E-state index in [-0.39, 0.29) is 0 Å². The van der Waals surface area contributed by atoms with Crippen LogP contribution in [0.1, 0.15) is 41.0 Å². The van der Waals surface area contributed by atoms with Crippen molar-refractivity contribution in [2.45, 2.75) is 41.0 Å². The number of allylic oxidation sites excluding steroid dienone is 4. The van der Waals surface area contributed by atoms with Gasteiger partial charge >= 0.3 is 0 Å². The Balaban J connectivity index is 0. The van der Waals surface area contributed by atoms with E-state index >= 15 is 0 Å². The highest BCUT2D eigenvalue weighted by molar-refractivity contribution is 5.23. The molecule has 0 spiro atoms. The second kappa shape index (κ2) is 10.3. The number of hydrogen-bond acceptors (Lipinski definition) is 0. The second-order valence-corrected chi connectivity index (χ2v) is 2.98. The summed E-state index contributed by atoms with van der Waals surface area (Å²) < 4.78 is 0. The first-order chi connectivity index (χ1) is 5.63. The molecule has 0 aromatic carbocycles. The van der Waals surface area contributed by atoms with E-state index in [4.69, 9.17) is 0 Å². The Bertz CT molecular complexity index is 121. The van der Waals surface area contributed by atoms with Gasteiger partial charge in [-0.25, -0.2) is 0 Å². The summed E-state index contributed by atoms with van der Waals surface area (Å²) in [5.74, 6) is 0.583. The topological polar surface area (TPSA) is 0 Å². The van der Waals surface area contributed by atoms with E-state index < -0.39 is 0 Å². The summed E-state index contributed by atoms with van der Waals surface area (Å²) in [7, 11) is 0. The van der Waals surface area contributed by atoms with E-state index in [1.165, 1.54) is 5.57 Å². The fraction of sp³-hybridized carbons (Fsp3) is 0.583. The van der Waals surface area contributed by atoms with Gasteiger partial charge in [0.15, 0.2) is 0 Å². The van der Waals surface area contributed by atoms with E-state index in [1.807, 2.05) is 13.8 Å². The van der Waals surface area contributed by atoms with Gasteiger partial charge in [-0.2, -0.15) is 0 Å².